The fourth-order valence-corrected chi connectivity index (χ4v) is 27.6. The third-order valence-corrected chi connectivity index (χ3v) is 37.3. The van der Waals surface area contributed by atoms with Crippen molar-refractivity contribution in [2.75, 3.05) is 0 Å². The van der Waals surface area contributed by atoms with Gasteiger partial charge in [0.1, 0.15) is 0 Å². The Labute approximate surface area is 918 Å². The Morgan fingerprint density at radius 1 is 0.327 bits per heavy atom. The van der Waals surface area contributed by atoms with Crippen molar-refractivity contribution in [3.8, 4) is 0 Å². The number of fused-ring (bicyclic) bond motifs is 1. The molecule has 1 saturated carbocycles. The number of benzene rings is 5. The van der Waals surface area contributed by atoms with Gasteiger partial charge in [-0.15, -0.1) is 0 Å². The molecule has 0 spiro atoms. The summed E-state index contributed by atoms with van der Waals surface area (Å²) < 4.78 is 0. The van der Waals surface area contributed by atoms with E-state index in [0.29, 0.717) is 77.8 Å². The molecular weight excluding hydrogens is 1780 g/mol. The molecule has 0 unspecified atom stereocenters. The lowest BCUT2D eigenvalue weighted by Gasteiger charge is -2.66. The lowest BCUT2D eigenvalue weighted by atomic mass is 9.39. The molecule has 147 heavy (non-hydrogen) atoms. The van der Waals surface area contributed by atoms with Crippen molar-refractivity contribution >= 4 is 35.0 Å². The Hall–Kier alpha value is -5.74. The van der Waals surface area contributed by atoms with E-state index in [1.165, 1.54) is 187 Å². The molecule has 2 aliphatic carbocycles. The number of aliphatic imine (C=N–C) groups is 1. The molecule has 5 aromatic rings. The van der Waals surface area contributed by atoms with Gasteiger partial charge in [-0.1, -0.05) is 358 Å². The molecule has 0 bridgehead atoms. The van der Waals surface area contributed by atoms with E-state index in [4.69, 9.17) is 15.2 Å². The zero-order valence-electron chi connectivity index (χ0n) is 113. The summed E-state index contributed by atoms with van der Waals surface area (Å²) in [6.45, 7) is 174. The van der Waals surface area contributed by atoms with Crippen LogP contribution in [0.3, 0.4) is 0 Å². The molecule has 4 heteroatoms. The van der Waals surface area contributed by atoms with Crippen LogP contribution in [0.1, 0.15) is 528 Å². The Bertz CT molecular complexity index is 5100. The number of rotatable bonds is 13. The number of ketones is 1. The number of azo groups is 1. The van der Waals surface area contributed by atoms with Gasteiger partial charge in [0.25, 0.3) is 0 Å². The summed E-state index contributed by atoms with van der Waals surface area (Å²) in [5, 5.41) is 9.52. The molecule has 2 aliphatic rings. The lowest BCUT2D eigenvalue weighted by molar-refractivity contribution is -0.173. The van der Waals surface area contributed by atoms with Crippen molar-refractivity contribution in [1.82, 2.24) is 0 Å². The molecule has 0 radical (unpaired) electrons. The molecular formula is C143H247N3O. The minimum Gasteiger partial charge on any atom is -0.290 e. The van der Waals surface area contributed by atoms with E-state index in [2.05, 4.69) is 544 Å². The molecule has 840 valence electrons. The van der Waals surface area contributed by atoms with E-state index in [9.17, 15) is 4.79 Å². The smallest absolute Gasteiger partial charge is 0.181 e. The van der Waals surface area contributed by atoms with E-state index < -0.39 is 0 Å². The Balaban J connectivity index is 0.000000868. The second kappa shape index (κ2) is 49.1. The first-order valence-electron chi connectivity index (χ1n) is 57.6. The first-order chi connectivity index (χ1) is 64.7. The predicted octanol–water partition coefficient (Wildman–Crippen LogP) is 45.6. The summed E-state index contributed by atoms with van der Waals surface area (Å²) in [6, 6.07) is 0.181. The summed E-state index contributed by atoms with van der Waals surface area (Å²) in [5.74, 6) is 3.59. The monoisotopic (exact) mass is 2020 g/mol. The summed E-state index contributed by atoms with van der Waals surface area (Å²) >= 11 is 0. The minimum absolute atomic E-state index is 0.0956. The van der Waals surface area contributed by atoms with Crippen LogP contribution < -0.4 is 0 Å². The zero-order chi connectivity index (χ0) is 117. The third-order valence-electron chi connectivity index (χ3n) is 37.3. The van der Waals surface area contributed by atoms with Crippen LogP contribution in [-0.2, 0) is 17.6 Å². The second-order valence-corrected chi connectivity index (χ2v) is 65.4. The Morgan fingerprint density at radius 2 is 0.605 bits per heavy atom. The maximum atomic E-state index is 12.9. The summed E-state index contributed by atoms with van der Waals surface area (Å²) in [4.78, 5) is 17.9. The second-order valence-electron chi connectivity index (χ2n) is 65.4. The van der Waals surface area contributed by atoms with Crippen molar-refractivity contribution in [3.05, 3.63) is 180 Å². The topological polar surface area (TPSA) is 54.1 Å². The number of nitrogens with zero attached hydrogens (tertiary/aromatic N) is 3. The lowest BCUT2D eigenvalue weighted by Crippen LogP contribution is -2.59. The number of carbonyl (C=O) groups is 1. The average molecular weight is 2020 g/mol. The highest BCUT2D eigenvalue weighted by atomic mass is 16.1. The van der Waals surface area contributed by atoms with Gasteiger partial charge in [0.15, 0.2) is 5.78 Å². The van der Waals surface area contributed by atoms with Crippen LogP contribution in [0.4, 0.5) is 11.4 Å². The first-order valence-corrected chi connectivity index (χ1v) is 57.6. The van der Waals surface area contributed by atoms with Crippen molar-refractivity contribution in [2.24, 2.45) is 148 Å². The van der Waals surface area contributed by atoms with E-state index in [0.717, 1.165) is 29.5 Å². The summed E-state index contributed by atoms with van der Waals surface area (Å²) in [7, 11) is 0. The summed E-state index contributed by atoms with van der Waals surface area (Å²) in [6.07, 6.45) is 16.7. The van der Waals surface area contributed by atoms with Gasteiger partial charge in [-0.25, -0.2) is 0 Å². The number of hydrogen-bond acceptors (Lipinski definition) is 4. The van der Waals surface area contributed by atoms with Gasteiger partial charge in [0.2, 0.25) is 0 Å². The van der Waals surface area contributed by atoms with Crippen molar-refractivity contribution < 1.29 is 4.79 Å². The fraction of sp³-hybridized carbons (Fsp3) is 0.734. The van der Waals surface area contributed by atoms with Crippen LogP contribution in [0.5, 0.6) is 0 Å². The minimum atomic E-state index is 0.0956. The van der Waals surface area contributed by atoms with Gasteiger partial charge in [0, 0.05) is 24.1 Å². The highest BCUT2D eigenvalue weighted by molar-refractivity contribution is 6.09. The molecule has 0 saturated heterocycles. The largest absolute Gasteiger partial charge is 0.290 e. The van der Waals surface area contributed by atoms with Gasteiger partial charge in [-0.3, -0.25) is 9.79 Å². The highest BCUT2D eigenvalue weighted by Crippen LogP contribution is 2.69. The molecule has 0 aliphatic heterocycles. The molecule has 0 atom stereocenters. The van der Waals surface area contributed by atoms with Crippen LogP contribution in [-0.4, -0.2) is 18.0 Å². The molecule has 0 heterocycles. The molecule has 7 rings (SSSR count). The van der Waals surface area contributed by atoms with Crippen LogP contribution in [0.15, 0.2) is 39.0 Å². The van der Waals surface area contributed by atoms with Crippen molar-refractivity contribution in [3.63, 3.8) is 0 Å². The average Bonchev–Trinajstić information content (AvgIpc) is 1.18. The molecule has 5 aromatic carbocycles. The Morgan fingerprint density at radius 3 is 0.891 bits per heavy atom. The highest BCUT2D eigenvalue weighted by Gasteiger charge is 2.61. The molecule has 0 N–H and O–H groups in total. The van der Waals surface area contributed by atoms with Crippen molar-refractivity contribution in [1.29, 1.82) is 0 Å². The van der Waals surface area contributed by atoms with Gasteiger partial charge < -0.3 is 0 Å². The van der Waals surface area contributed by atoms with E-state index >= 15 is 0 Å². The molecule has 0 amide bonds. The van der Waals surface area contributed by atoms with E-state index in [1.807, 2.05) is 6.08 Å². The third kappa shape index (κ3) is 36.4. The van der Waals surface area contributed by atoms with Gasteiger partial charge >= 0.3 is 0 Å². The number of carbonyl (C=O) groups excluding carboxylic acids is 1. The van der Waals surface area contributed by atoms with Gasteiger partial charge in [-0.2, -0.15) is 10.2 Å². The first kappa shape index (κ1) is 139. The normalized spacial score (nSPS) is 15.9. The molecule has 0 aromatic heterocycles. The van der Waals surface area contributed by atoms with Crippen LogP contribution >= 0.6 is 0 Å². The van der Waals surface area contributed by atoms with Crippen LogP contribution in [0.2, 0.25) is 0 Å². The number of hydrogen-bond donors (Lipinski definition) is 0. The summed E-state index contributed by atoms with van der Waals surface area (Å²) in [5.41, 5.74) is 48.7. The predicted molar refractivity (Wildman–Crippen MR) is 668 cm³/mol. The fourth-order valence-electron chi connectivity index (χ4n) is 27.6. The van der Waals surface area contributed by atoms with Gasteiger partial charge in [-0.05, 0) is 499 Å². The van der Waals surface area contributed by atoms with Crippen LogP contribution in [0, 0.1) is 299 Å². The zero-order valence-corrected chi connectivity index (χ0v) is 113. The molecule has 1 fully saturated rings. The molecule has 4 nitrogen and oxygen atoms in total. The standard InChI is InChI=1S/C25H36O.C24H48.C23H38.C21H35N.C21H36.C20H34N2.C9H20/c1-15-16(2)18(4)21-14-19(13-20(21)17(15)3)22(26)11-12-23(24(5,6)7)25(8,9)10;1-19(2,3)17(20(4,5)6)15-18-23(11,12)21(7,8)16-22(9,10)24(18,13)14;1-14(13-20(22(7,8)9)23(10,11)12)21-18(5)16(3)15(2)17(4)19(21)6;1-13-14(2)16(4)19(17(5)15(13)3)22-12-18(20(6,7)8)21(9,10)11;1-13-14(2)16(4)18(17(5)15(13)3)12-19(20(6,7)8)21(9,10)11;1-12-13(2)15(4)17(16(5)14(12)3)21-22-18(19(6,7)8)20(9,10)11;1-8(2,3)7-9(4,5)6/h11-13,23H,14H2,1-10H3;17-18H,15-16H2,1-14H3;13,20H,1-12H3;12,18H,1-11H3;19H,12H2,1-11H3;18H,1-11H3;7H2,1-6H3/b12-11+;;14-13+;;;;. The quantitative estimate of drug-likeness (QED) is 0.0658. The van der Waals surface area contributed by atoms with E-state index in [-0.39, 0.29) is 55.1 Å². The maximum Gasteiger partial charge on any atom is 0.181 e. The van der Waals surface area contributed by atoms with Gasteiger partial charge in [0.05, 0.1) is 17.4 Å². The SMILES string of the molecule is C/C(=C\C(C(C)(C)C)C(C)(C)C)c1c(C)c(C)c(C)c(C)c1C.CC(C)(C)C(CC1C(C)(C)C(C)(C)CC(C)(C)C1(C)C)C(C)(C)C.CC(C)(C)CC(C)(C)C.Cc1c(C)c(C)c(CC(C(C)(C)C)C(C)(C)C)c(C)c1C.Cc1c(C)c(C)c(N=CC(C(C)(C)C)C(C)(C)C)c(C)c1C.Cc1c(C)c(C)c(N=NC(C(C)(C)C)C(C)(C)C)c(C)c1C.Cc1c(C)c(C)c2c(c1C)C=C(C(=O)/C=C/C(C(C)(C)C)C(C)(C)C)C2. The maximum absolute atomic E-state index is 12.9. The Kier molecular flexibility index (Phi) is 46.6. The van der Waals surface area contributed by atoms with E-state index in [1.54, 1.807) is 5.56 Å². The number of allylic oxidation sites excluding steroid dienone is 5. The van der Waals surface area contributed by atoms with Crippen LogP contribution in [0.25, 0.3) is 11.6 Å². The van der Waals surface area contributed by atoms with Crippen molar-refractivity contribution in [2.45, 2.75) is 557 Å².